The molecule has 2 aliphatic rings. The van der Waals surface area contributed by atoms with E-state index in [4.69, 9.17) is 4.74 Å². The van der Waals surface area contributed by atoms with Gasteiger partial charge in [-0.3, -0.25) is 9.78 Å². The van der Waals surface area contributed by atoms with Crippen molar-refractivity contribution < 1.29 is 14.3 Å². The second-order valence-electron chi connectivity index (χ2n) is 7.24. The molecule has 0 unspecified atom stereocenters. The quantitative estimate of drug-likeness (QED) is 0.835. The molecule has 7 heteroatoms. The van der Waals surface area contributed by atoms with Gasteiger partial charge in [0.15, 0.2) is 0 Å². The molecule has 4 rings (SSSR count). The molecule has 1 aromatic carbocycles. The highest BCUT2D eigenvalue weighted by atomic mass is 16.5. The lowest BCUT2D eigenvalue weighted by molar-refractivity contribution is 0.0858. The van der Waals surface area contributed by atoms with Crippen molar-refractivity contribution in [3.05, 3.63) is 59.9 Å². The minimum absolute atomic E-state index is 0.120. The number of hydrogen-bond donors (Lipinski definition) is 2. The van der Waals surface area contributed by atoms with Crippen LogP contribution in [0, 0.1) is 0 Å². The van der Waals surface area contributed by atoms with E-state index in [9.17, 15) is 9.59 Å². The van der Waals surface area contributed by atoms with Gasteiger partial charge in [0.1, 0.15) is 0 Å². The Kier molecular flexibility index (Phi) is 5.53. The highest BCUT2D eigenvalue weighted by Gasteiger charge is 2.31. The third-order valence-electron chi connectivity index (χ3n) is 5.24. The predicted octanol–water partition coefficient (Wildman–Crippen LogP) is 2.62. The molecule has 7 nitrogen and oxygen atoms in total. The number of carbonyl (C=O) groups is 2. The summed E-state index contributed by atoms with van der Waals surface area (Å²) in [5.74, 6) is 0.213. The van der Waals surface area contributed by atoms with Gasteiger partial charge >= 0.3 is 6.03 Å². The third-order valence-corrected chi connectivity index (χ3v) is 5.24. The van der Waals surface area contributed by atoms with Gasteiger partial charge in [-0.25, -0.2) is 4.79 Å². The zero-order valence-corrected chi connectivity index (χ0v) is 15.6. The molecule has 0 bridgehead atoms. The summed E-state index contributed by atoms with van der Waals surface area (Å²) >= 11 is 0. The van der Waals surface area contributed by atoms with Crippen molar-refractivity contribution in [2.45, 2.75) is 24.9 Å². The van der Waals surface area contributed by atoms with Crippen LogP contribution in [0.15, 0.2) is 48.8 Å². The van der Waals surface area contributed by atoms with Crippen molar-refractivity contribution in [1.29, 1.82) is 0 Å². The Hall–Kier alpha value is -2.93. The van der Waals surface area contributed by atoms with E-state index in [0.29, 0.717) is 36.8 Å². The normalized spacial score (nSPS) is 19.1. The van der Waals surface area contributed by atoms with E-state index in [-0.39, 0.29) is 18.0 Å². The molecule has 2 aromatic rings. The Balaban J connectivity index is 1.24. The smallest absolute Gasteiger partial charge is 0.321 e. The summed E-state index contributed by atoms with van der Waals surface area (Å²) in [5.41, 5.74) is 2.40. The van der Waals surface area contributed by atoms with E-state index in [0.717, 1.165) is 25.0 Å². The average molecular weight is 380 g/mol. The fourth-order valence-corrected chi connectivity index (χ4v) is 3.49. The van der Waals surface area contributed by atoms with Gasteiger partial charge in [0.2, 0.25) is 0 Å². The first-order chi connectivity index (χ1) is 13.7. The average Bonchev–Trinajstić information content (AvgIpc) is 3.20. The molecular weight excluding hydrogens is 356 g/mol. The first kappa shape index (κ1) is 18.4. The molecule has 146 valence electrons. The second-order valence-corrected chi connectivity index (χ2v) is 7.24. The second kappa shape index (κ2) is 8.39. The minimum Gasteiger partial charge on any atom is -0.376 e. The van der Waals surface area contributed by atoms with Gasteiger partial charge in [0.25, 0.3) is 5.91 Å². The first-order valence-corrected chi connectivity index (χ1v) is 9.65. The zero-order chi connectivity index (χ0) is 19.3. The lowest BCUT2D eigenvalue weighted by atomic mass is 9.93. The van der Waals surface area contributed by atoms with Gasteiger partial charge in [0, 0.05) is 55.8 Å². The summed E-state index contributed by atoms with van der Waals surface area (Å²) in [6, 6.07) is 10.8. The third kappa shape index (κ3) is 4.31. The van der Waals surface area contributed by atoms with Crippen molar-refractivity contribution >= 4 is 17.6 Å². The number of benzene rings is 1. The molecular formula is C21H24N4O3. The number of urea groups is 1. The zero-order valence-electron chi connectivity index (χ0n) is 15.6. The van der Waals surface area contributed by atoms with Gasteiger partial charge < -0.3 is 20.3 Å². The molecule has 1 aromatic heterocycles. The van der Waals surface area contributed by atoms with Crippen LogP contribution in [0.4, 0.5) is 10.5 Å². The molecule has 28 heavy (non-hydrogen) atoms. The van der Waals surface area contributed by atoms with Crippen LogP contribution in [-0.2, 0) is 4.74 Å². The molecule has 0 saturated carbocycles. The highest BCUT2D eigenvalue weighted by Crippen LogP contribution is 2.26. The number of rotatable bonds is 5. The number of anilines is 1. The van der Waals surface area contributed by atoms with E-state index >= 15 is 0 Å². The Labute approximate surface area is 164 Å². The summed E-state index contributed by atoms with van der Waals surface area (Å²) in [5, 5.41) is 5.77. The Morgan fingerprint density at radius 2 is 2.00 bits per heavy atom. The van der Waals surface area contributed by atoms with Crippen LogP contribution in [-0.4, -0.2) is 54.2 Å². The lowest BCUT2D eigenvalue weighted by Gasteiger charge is -2.39. The Morgan fingerprint density at radius 3 is 2.68 bits per heavy atom. The van der Waals surface area contributed by atoms with Crippen LogP contribution in [0.3, 0.4) is 0 Å². The van der Waals surface area contributed by atoms with Crippen LogP contribution in [0.25, 0.3) is 0 Å². The first-order valence-electron chi connectivity index (χ1n) is 9.65. The molecule has 3 amide bonds. The van der Waals surface area contributed by atoms with Gasteiger partial charge in [-0.05, 0) is 48.7 Å². The summed E-state index contributed by atoms with van der Waals surface area (Å²) < 4.78 is 5.51. The number of ether oxygens (including phenoxy) is 1. The maximum atomic E-state index is 12.3. The number of amides is 3. The van der Waals surface area contributed by atoms with E-state index in [1.165, 1.54) is 0 Å². The van der Waals surface area contributed by atoms with Crippen molar-refractivity contribution in [2.24, 2.45) is 0 Å². The number of likely N-dealkylation sites (tertiary alicyclic amines) is 1. The molecule has 2 N–H and O–H groups in total. The fraction of sp³-hybridized carbons (Fsp3) is 0.381. The van der Waals surface area contributed by atoms with Crippen LogP contribution in [0.1, 0.15) is 34.7 Å². The molecule has 0 radical (unpaired) electrons. The number of carbonyl (C=O) groups excluding carboxylic acids is 2. The summed E-state index contributed by atoms with van der Waals surface area (Å²) in [4.78, 5) is 30.4. The molecule has 2 saturated heterocycles. The number of nitrogens with one attached hydrogen (secondary N) is 2. The van der Waals surface area contributed by atoms with E-state index in [2.05, 4.69) is 15.6 Å². The Bertz CT molecular complexity index is 813. The number of hydrogen-bond acceptors (Lipinski definition) is 4. The largest absolute Gasteiger partial charge is 0.376 e. The molecule has 0 aliphatic carbocycles. The van der Waals surface area contributed by atoms with Crippen LogP contribution >= 0.6 is 0 Å². The van der Waals surface area contributed by atoms with Crippen molar-refractivity contribution in [1.82, 2.24) is 15.2 Å². The summed E-state index contributed by atoms with van der Waals surface area (Å²) in [7, 11) is 0. The Morgan fingerprint density at radius 1 is 1.18 bits per heavy atom. The molecule has 2 aliphatic heterocycles. The maximum Gasteiger partial charge on any atom is 0.321 e. The van der Waals surface area contributed by atoms with Gasteiger partial charge in [0.05, 0.1) is 6.10 Å². The molecule has 0 spiro atoms. The molecule has 2 fully saturated rings. The fourth-order valence-electron chi connectivity index (χ4n) is 3.49. The van der Waals surface area contributed by atoms with Gasteiger partial charge in [-0.2, -0.15) is 0 Å². The topological polar surface area (TPSA) is 83.6 Å². The van der Waals surface area contributed by atoms with E-state index in [1.807, 2.05) is 18.3 Å². The van der Waals surface area contributed by atoms with Crippen LogP contribution in [0.5, 0.6) is 0 Å². The van der Waals surface area contributed by atoms with Crippen LogP contribution < -0.4 is 10.6 Å². The summed E-state index contributed by atoms with van der Waals surface area (Å²) in [6.07, 6.45) is 5.76. The van der Waals surface area contributed by atoms with E-state index in [1.54, 1.807) is 35.4 Å². The maximum absolute atomic E-state index is 12.3. The minimum atomic E-state index is -0.129. The number of nitrogens with zero attached hydrogens (tertiary/aromatic N) is 2. The SMILES string of the molecule is O=C(NC[C@H]1CCCO1)c1ccc(NC(=O)N2CC(c3cccnc3)C2)cc1. The van der Waals surface area contributed by atoms with E-state index < -0.39 is 0 Å². The predicted molar refractivity (Wildman–Crippen MR) is 105 cm³/mol. The van der Waals surface area contributed by atoms with Crippen molar-refractivity contribution in [3.63, 3.8) is 0 Å². The standard InChI is InChI=1S/C21H24N4O3/c26-20(23-12-19-4-2-10-28-19)15-5-7-18(8-6-15)24-21(27)25-13-17(14-25)16-3-1-9-22-11-16/h1,3,5-9,11,17,19H,2,4,10,12-14H2,(H,23,26)(H,24,27)/t19-/m1/s1. The molecule has 1 atom stereocenters. The number of aromatic nitrogens is 1. The van der Waals surface area contributed by atoms with Gasteiger partial charge in [-0.15, -0.1) is 0 Å². The highest BCUT2D eigenvalue weighted by molar-refractivity contribution is 5.95. The van der Waals surface area contributed by atoms with Crippen LogP contribution in [0.2, 0.25) is 0 Å². The van der Waals surface area contributed by atoms with Crippen molar-refractivity contribution in [3.8, 4) is 0 Å². The monoisotopic (exact) mass is 380 g/mol. The van der Waals surface area contributed by atoms with Gasteiger partial charge in [-0.1, -0.05) is 6.07 Å². The van der Waals surface area contributed by atoms with Crippen molar-refractivity contribution in [2.75, 3.05) is 31.6 Å². The summed E-state index contributed by atoms with van der Waals surface area (Å²) in [6.45, 7) is 2.67. The lowest BCUT2D eigenvalue weighted by Crippen LogP contribution is -2.50. The molecule has 3 heterocycles. The number of pyridine rings is 1.